The van der Waals surface area contributed by atoms with Gasteiger partial charge in [-0.25, -0.2) is 9.18 Å². The van der Waals surface area contributed by atoms with Gasteiger partial charge in [0.25, 0.3) is 0 Å². The number of carbonyl (C=O) groups is 1. The van der Waals surface area contributed by atoms with Crippen molar-refractivity contribution in [3.05, 3.63) is 64.6 Å². The van der Waals surface area contributed by atoms with Crippen molar-refractivity contribution in [1.29, 1.82) is 0 Å². The fourth-order valence-corrected chi connectivity index (χ4v) is 2.55. The molecule has 0 unspecified atom stereocenters. The highest BCUT2D eigenvalue weighted by Gasteiger charge is 2.19. The molecule has 1 N–H and O–H groups in total. The molecule has 0 aliphatic heterocycles. The molecule has 2 aromatic carbocycles. The summed E-state index contributed by atoms with van der Waals surface area (Å²) in [6.45, 7) is 1.91. The van der Waals surface area contributed by atoms with Gasteiger partial charge in [0.1, 0.15) is 23.9 Å². The lowest BCUT2D eigenvalue weighted by Gasteiger charge is -2.10. The van der Waals surface area contributed by atoms with E-state index >= 15 is 0 Å². The van der Waals surface area contributed by atoms with Crippen LogP contribution >= 0.6 is 11.6 Å². The zero-order valence-electron chi connectivity index (χ0n) is 13.8. The minimum absolute atomic E-state index is 0.0293. The molecule has 3 aromatic rings. The van der Waals surface area contributed by atoms with Crippen molar-refractivity contribution in [3.8, 4) is 17.0 Å². The Bertz CT molecular complexity index is 909. The average Bonchev–Trinajstić information content (AvgIpc) is 3.12. The Balaban J connectivity index is 1.81. The fraction of sp³-hybridized carbons (Fsp3) is 0.167. The third-order valence-electron chi connectivity index (χ3n) is 3.57. The highest BCUT2D eigenvalue weighted by atomic mass is 35.5. The van der Waals surface area contributed by atoms with Crippen molar-refractivity contribution in [2.45, 2.75) is 13.5 Å². The smallest absolute Gasteiger partial charge is 0.361 e. The standard InChI is InChI=1S/C18H15ClFN3O3/c1-2-25-18(24)17-16(21-23-22-17)11-5-3-6-12(9-11)26-10-13-14(19)7-4-8-15(13)20/h3-9H,2,10H2,1H3,(H,21,22,23). The molecule has 0 atom stereocenters. The number of carbonyl (C=O) groups excluding carboxylic acids is 1. The monoisotopic (exact) mass is 375 g/mol. The molecule has 0 amide bonds. The van der Waals surface area contributed by atoms with E-state index < -0.39 is 11.8 Å². The van der Waals surface area contributed by atoms with Gasteiger partial charge in [-0.2, -0.15) is 10.3 Å². The Hall–Kier alpha value is -2.93. The summed E-state index contributed by atoms with van der Waals surface area (Å²) in [4.78, 5) is 11.9. The SMILES string of the molecule is CCOC(=O)c1n[nH]nc1-c1cccc(OCc2c(F)cccc2Cl)c1. The van der Waals surface area contributed by atoms with E-state index in [2.05, 4.69) is 15.4 Å². The molecule has 1 heterocycles. The van der Waals surface area contributed by atoms with Crippen LogP contribution in [0.4, 0.5) is 4.39 Å². The molecule has 0 spiro atoms. The van der Waals surface area contributed by atoms with E-state index in [1.165, 1.54) is 12.1 Å². The number of esters is 1. The van der Waals surface area contributed by atoms with Gasteiger partial charge in [-0.1, -0.05) is 29.8 Å². The van der Waals surface area contributed by atoms with E-state index in [1.807, 2.05) is 0 Å². The van der Waals surface area contributed by atoms with Crippen LogP contribution < -0.4 is 4.74 Å². The second-order valence-electron chi connectivity index (χ2n) is 5.26. The highest BCUT2D eigenvalue weighted by Crippen LogP contribution is 2.26. The van der Waals surface area contributed by atoms with Crippen LogP contribution in [0, 0.1) is 5.82 Å². The van der Waals surface area contributed by atoms with E-state index in [0.29, 0.717) is 22.0 Å². The van der Waals surface area contributed by atoms with Crippen molar-refractivity contribution in [2.24, 2.45) is 0 Å². The maximum Gasteiger partial charge on any atom is 0.361 e. The highest BCUT2D eigenvalue weighted by molar-refractivity contribution is 6.31. The van der Waals surface area contributed by atoms with E-state index in [0.717, 1.165) is 0 Å². The topological polar surface area (TPSA) is 77.1 Å². The maximum atomic E-state index is 13.8. The molecule has 8 heteroatoms. The van der Waals surface area contributed by atoms with Crippen molar-refractivity contribution >= 4 is 17.6 Å². The number of nitrogens with zero attached hydrogens (tertiary/aromatic N) is 2. The van der Waals surface area contributed by atoms with Crippen molar-refractivity contribution in [3.63, 3.8) is 0 Å². The van der Waals surface area contributed by atoms with Gasteiger partial charge in [0.2, 0.25) is 0 Å². The zero-order chi connectivity index (χ0) is 18.5. The van der Waals surface area contributed by atoms with Gasteiger partial charge in [0.15, 0.2) is 5.69 Å². The summed E-state index contributed by atoms with van der Waals surface area (Å²) < 4.78 is 24.4. The Morgan fingerprint density at radius 2 is 2.04 bits per heavy atom. The summed E-state index contributed by atoms with van der Waals surface area (Å²) >= 11 is 6.00. The number of ether oxygens (including phenoxy) is 2. The maximum absolute atomic E-state index is 13.8. The summed E-state index contributed by atoms with van der Waals surface area (Å²) in [6, 6.07) is 11.3. The first kappa shape index (κ1) is 17.9. The van der Waals surface area contributed by atoms with Gasteiger partial charge in [-0.05, 0) is 31.2 Å². The van der Waals surface area contributed by atoms with Crippen LogP contribution in [0.15, 0.2) is 42.5 Å². The van der Waals surface area contributed by atoms with Crippen LogP contribution in [-0.2, 0) is 11.3 Å². The molecular formula is C18H15ClFN3O3. The summed E-state index contributed by atoms with van der Waals surface area (Å²) in [5.74, 6) is -0.532. The number of hydrogen-bond acceptors (Lipinski definition) is 5. The lowest BCUT2D eigenvalue weighted by Crippen LogP contribution is -2.06. The van der Waals surface area contributed by atoms with Crippen molar-refractivity contribution < 1.29 is 18.7 Å². The van der Waals surface area contributed by atoms with E-state index in [4.69, 9.17) is 21.1 Å². The molecule has 0 aliphatic rings. The Morgan fingerprint density at radius 3 is 2.81 bits per heavy atom. The third kappa shape index (κ3) is 3.83. The number of H-pyrrole nitrogens is 1. The van der Waals surface area contributed by atoms with Gasteiger partial charge in [0, 0.05) is 11.1 Å². The fourth-order valence-electron chi connectivity index (χ4n) is 2.33. The number of halogens is 2. The molecule has 6 nitrogen and oxygen atoms in total. The average molecular weight is 376 g/mol. The van der Waals surface area contributed by atoms with Gasteiger partial charge in [0.05, 0.1) is 11.6 Å². The number of aromatic amines is 1. The van der Waals surface area contributed by atoms with Crippen molar-refractivity contribution in [2.75, 3.05) is 6.61 Å². The molecule has 1 aromatic heterocycles. The lowest BCUT2D eigenvalue weighted by molar-refractivity contribution is 0.0520. The zero-order valence-corrected chi connectivity index (χ0v) is 14.6. The van der Waals surface area contributed by atoms with E-state index in [9.17, 15) is 9.18 Å². The minimum Gasteiger partial charge on any atom is -0.489 e. The minimum atomic E-state index is -0.569. The summed E-state index contributed by atoms with van der Waals surface area (Å²) in [7, 11) is 0. The largest absolute Gasteiger partial charge is 0.489 e. The molecule has 134 valence electrons. The predicted molar refractivity (Wildman–Crippen MR) is 93.5 cm³/mol. The van der Waals surface area contributed by atoms with Gasteiger partial charge < -0.3 is 9.47 Å². The molecule has 3 rings (SSSR count). The van der Waals surface area contributed by atoms with Crippen LogP contribution in [-0.4, -0.2) is 28.0 Å². The molecular weight excluding hydrogens is 361 g/mol. The molecule has 0 saturated carbocycles. The summed E-state index contributed by atoms with van der Waals surface area (Å²) in [5.41, 5.74) is 1.31. The quantitative estimate of drug-likeness (QED) is 0.658. The molecule has 26 heavy (non-hydrogen) atoms. The Morgan fingerprint density at radius 1 is 1.23 bits per heavy atom. The Labute approximate surface area is 153 Å². The number of benzene rings is 2. The second-order valence-corrected chi connectivity index (χ2v) is 5.67. The van der Waals surface area contributed by atoms with Crippen LogP contribution in [0.5, 0.6) is 5.75 Å². The second kappa shape index (κ2) is 7.97. The van der Waals surface area contributed by atoms with E-state index in [-0.39, 0.29) is 24.5 Å². The van der Waals surface area contributed by atoms with Gasteiger partial charge >= 0.3 is 5.97 Å². The predicted octanol–water partition coefficient (Wildman–Crippen LogP) is 4.02. The lowest BCUT2D eigenvalue weighted by atomic mass is 10.1. The van der Waals surface area contributed by atoms with Crippen LogP contribution in [0.25, 0.3) is 11.3 Å². The normalized spacial score (nSPS) is 10.6. The number of nitrogens with one attached hydrogen (secondary N) is 1. The van der Waals surface area contributed by atoms with E-state index in [1.54, 1.807) is 37.3 Å². The third-order valence-corrected chi connectivity index (χ3v) is 3.92. The number of aromatic nitrogens is 3. The Kier molecular flexibility index (Phi) is 5.48. The molecule has 0 aliphatic carbocycles. The molecule has 0 radical (unpaired) electrons. The number of rotatable bonds is 6. The molecule has 0 saturated heterocycles. The molecule has 0 bridgehead atoms. The first-order chi connectivity index (χ1) is 12.6. The van der Waals surface area contributed by atoms with Gasteiger partial charge in [-0.15, -0.1) is 5.10 Å². The van der Waals surface area contributed by atoms with Gasteiger partial charge in [-0.3, -0.25) is 0 Å². The summed E-state index contributed by atoms with van der Waals surface area (Å²) in [5, 5.41) is 10.6. The first-order valence-corrected chi connectivity index (χ1v) is 8.22. The number of hydrogen-bond donors (Lipinski definition) is 1. The van der Waals surface area contributed by atoms with Crippen molar-refractivity contribution in [1.82, 2.24) is 15.4 Å². The van der Waals surface area contributed by atoms with Crippen LogP contribution in [0.3, 0.4) is 0 Å². The first-order valence-electron chi connectivity index (χ1n) is 7.84. The van der Waals surface area contributed by atoms with Crippen LogP contribution in [0.2, 0.25) is 5.02 Å². The van der Waals surface area contributed by atoms with Crippen LogP contribution in [0.1, 0.15) is 23.0 Å². The molecule has 0 fully saturated rings. The summed E-state index contributed by atoms with van der Waals surface area (Å²) in [6.07, 6.45) is 0.